The van der Waals surface area contributed by atoms with Crippen LogP contribution in [0.5, 0.6) is 5.75 Å². The maximum Gasteiger partial charge on any atom is 0.175 e. The van der Waals surface area contributed by atoms with Gasteiger partial charge in [0.1, 0.15) is 11.9 Å². The van der Waals surface area contributed by atoms with Gasteiger partial charge in [0.25, 0.3) is 0 Å². The second kappa shape index (κ2) is 7.50. The average molecular weight is 442 g/mol. The van der Waals surface area contributed by atoms with Gasteiger partial charge in [-0.05, 0) is 54.3 Å². The molecule has 5 nitrogen and oxygen atoms in total. The molecular formula is C20H21Cl2NO4S. The number of hydrogen-bond donors (Lipinski definition) is 1. The fourth-order valence-corrected chi connectivity index (χ4v) is 5.15. The van der Waals surface area contributed by atoms with Crippen molar-refractivity contribution >= 4 is 33.0 Å². The van der Waals surface area contributed by atoms with Gasteiger partial charge in [-0.2, -0.15) is 0 Å². The number of aliphatic hydroxyl groups is 1. The molecular weight excluding hydrogens is 421 g/mol. The molecule has 8 heteroatoms. The summed E-state index contributed by atoms with van der Waals surface area (Å²) in [5.74, 6) is 0.427. The zero-order valence-electron chi connectivity index (χ0n) is 15.3. The molecule has 0 aromatic heterocycles. The first-order chi connectivity index (χ1) is 13.2. The summed E-state index contributed by atoms with van der Waals surface area (Å²) in [7, 11) is -3.35. The van der Waals surface area contributed by atoms with Crippen LogP contribution >= 0.6 is 23.2 Å². The van der Waals surface area contributed by atoms with Crippen molar-refractivity contribution in [2.45, 2.75) is 36.0 Å². The SMILES string of the molecule is CS(=O)(=O)c1ccc(O[C@H]2c3cc(Cl)ccc3C[C@@H]2N2CCC(O)C2)c(Cl)c1. The van der Waals surface area contributed by atoms with Crippen molar-refractivity contribution in [2.24, 2.45) is 0 Å². The molecule has 4 rings (SSSR count). The summed E-state index contributed by atoms with van der Waals surface area (Å²) in [6, 6.07) is 10.3. The van der Waals surface area contributed by atoms with Crippen LogP contribution in [0.1, 0.15) is 23.7 Å². The van der Waals surface area contributed by atoms with Gasteiger partial charge in [-0.3, -0.25) is 4.90 Å². The van der Waals surface area contributed by atoms with E-state index in [1.165, 1.54) is 12.1 Å². The Bertz CT molecular complexity index is 1010. The lowest BCUT2D eigenvalue weighted by Crippen LogP contribution is -2.39. The molecule has 0 spiro atoms. The maximum absolute atomic E-state index is 11.8. The number of ether oxygens (including phenoxy) is 1. The van der Waals surface area contributed by atoms with E-state index in [0.29, 0.717) is 17.3 Å². The molecule has 28 heavy (non-hydrogen) atoms. The van der Waals surface area contributed by atoms with Gasteiger partial charge in [0.05, 0.1) is 22.1 Å². The lowest BCUT2D eigenvalue weighted by molar-refractivity contribution is 0.0819. The zero-order chi connectivity index (χ0) is 20.1. The summed E-state index contributed by atoms with van der Waals surface area (Å²) in [5, 5.41) is 10.8. The number of hydrogen-bond acceptors (Lipinski definition) is 5. The van der Waals surface area contributed by atoms with Crippen molar-refractivity contribution in [1.82, 2.24) is 4.90 Å². The molecule has 0 saturated carbocycles. The molecule has 0 amide bonds. The minimum atomic E-state index is -3.35. The quantitative estimate of drug-likeness (QED) is 0.785. The van der Waals surface area contributed by atoms with E-state index in [1.54, 1.807) is 6.07 Å². The molecule has 3 atom stereocenters. The van der Waals surface area contributed by atoms with Crippen LogP contribution in [-0.2, 0) is 16.3 Å². The van der Waals surface area contributed by atoms with E-state index in [2.05, 4.69) is 4.90 Å². The summed E-state index contributed by atoms with van der Waals surface area (Å²) >= 11 is 12.6. The molecule has 0 bridgehead atoms. The molecule has 1 N–H and O–H groups in total. The minimum Gasteiger partial charge on any atom is -0.482 e. The van der Waals surface area contributed by atoms with Crippen molar-refractivity contribution in [3.8, 4) is 5.75 Å². The summed E-state index contributed by atoms with van der Waals surface area (Å²) < 4.78 is 29.8. The van der Waals surface area contributed by atoms with Crippen LogP contribution in [0.15, 0.2) is 41.3 Å². The molecule has 0 radical (unpaired) electrons. The van der Waals surface area contributed by atoms with Crippen molar-refractivity contribution in [2.75, 3.05) is 19.3 Å². The molecule has 1 saturated heterocycles. The second-order valence-corrected chi connectivity index (χ2v) is 10.3. The Labute approximate surface area is 174 Å². The fourth-order valence-electron chi connectivity index (χ4n) is 4.03. The van der Waals surface area contributed by atoms with E-state index in [-0.39, 0.29) is 28.2 Å². The van der Waals surface area contributed by atoms with Crippen molar-refractivity contribution < 1.29 is 18.3 Å². The first-order valence-corrected chi connectivity index (χ1v) is 11.7. The van der Waals surface area contributed by atoms with Gasteiger partial charge in [0.2, 0.25) is 0 Å². The fraction of sp³-hybridized carbons (Fsp3) is 0.400. The van der Waals surface area contributed by atoms with Crippen LogP contribution in [0.3, 0.4) is 0 Å². The number of likely N-dealkylation sites (tertiary alicyclic amines) is 1. The number of sulfone groups is 1. The molecule has 2 aromatic rings. The third-order valence-electron chi connectivity index (χ3n) is 5.44. The number of benzene rings is 2. The maximum atomic E-state index is 11.8. The lowest BCUT2D eigenvalue weighted by Gasteiger charge is -2.30. The zero-order valence-corrected chi connectivity index (χ0v) is 17.6. The van der Waals surface area contributed by atoms with Crippen LogP contribution in [0.4, 0.5) is 0 Å². The van der Waals surface area contributed by atoms with Crippen LogP contribution in [0.25, 0.3) is 0 Å². The number of β-amino-alcohol motifs (C(OH)–C–C–N with tert-alkyl or cyclic N) is 1. The van der Waals surface area contributed by atoms with E-state index in [1.807, 2.05) is 18.2 Å². The van der Waals surface area contributed by atoms with Crippen LogP contribution < -0.4 is 4.74 Å². The van der Waals surface area contributed by atoms with E-state index >= 15 is 0 Å². The highest BCUT2D eigenvalue weighted by atomic mass is 35.5. The highest BCUT2D eigenvalue weighted by molar-refractivity contribution is 7.90. The van der Waals surface area contributed by atoms with E-state index < -0.39 is 9.84 Å². The molecule has 1 unspecified atom stereocenters. The Balaban J connectivity index is 1.68. The van der Waals surface area contributed by atoms with Crippen LogP contribution in [-0.4, -0.2) is 49.9 Å². The van der Waals surface area contributed by atoms with Crippen molar-refractivity contribution in [3.63, 3.8) is 0 Å². The smallest absolute Gasteiger partial charge is 0.175 e. The van der Waals surface area contributed by atoms with Crippen molar-refractivity contribution in [1.29, 1.82) is 0 Å². The third-order valence-corrected chi connectivity index (χ3v) is 7.08. The van der Waals surface area contributed by atoms with Gasteiger partial charge >= 0.3 is 0 Å². The van der Waals surface area contributed by atoms with Gasteiger partial charge in [0.15, 0.2) is 9.84 Å². The molecule has 1 fully saturated rings. The van der Waals surface area contributed by atoms with Crippen LogP contribution in [0.2, 0.25) is 10.0 Å². The molecule has 1 aliphatic heterocycles. The van der Waals surface area contributed by atoms with E-state index in [9.17, 15) is 13.5 Å². The minimum absolute atomic E-state index is 0.0521. The highest BCUT2D eigenvalue weighted by Gasteiger charge is 2.40. The number of aliphatic hydroxyl groups excluding tert-OH is 1. The standard InChI is InChI=1S/C20H21Cl2NO4S/c1-28(25,26)15-4-5-19(17(22)10-15)27-20-16-9-13(21)3-2-12(16)8-18(20)23-7-6-14(24)11-23/h2-5,9-10,14,18,20,24H,6-8,11H2,1H3/t14?,18-,20-/m0/s1. The molecule has 150 valence electrons. The van der Waals surface area contributed by atoms with E-state index in [4.69, 9.17) is 27.9 Å². The Morgan fingerprint density at radius 3 is 2.61 bits per heavy atom. The summed E-state index contributed by atoms with van der Waals surface area (Å²) in [5.41, 5.74) is 2.16. The van der Waals surface area contributed by atoms with Crippen molar-refractivity contribution in [3.05, 3.63) is 57.6 Å². The summed E-state index contributed by atoms with van der Waals surface area (Å²) in [4.78, 5) is 2.39. The van der Waals surface area contributed by atoms with Gasteiger partial charge < -0.3 is 9.84 Å². The van der Waals surface area contributed by atoms with Gasteiger partial charge in [0, 0.05) is 24.4 Å². The van der Waals surface area contributed by atoms with Gasteiger partial charge in [-0.25, -0.2) is 8.42 Å². The predicted octanol–water partition coefficient (Wildman–Crippen LogP) is 3.51. The number of fused-ring (bicyclic) bond motifs is 1. The molecule has 1 aliphatic carbocycles. The lowest BCUT2D eigenvalue weighted by atomic mass is 10.1. The Kier molecular flexibility index (Phi) is 5.35. The molecule has 2 aliphatic rings. The first-order valence-electron chi connectivity index (χ1n) is 9.09. The topological polar surface area (TPSA) is 66.8 Å². The van der Waals surface area contributed by atoms with Gasteiger partial charge in [-0.1, -0.05) is 29.3 Å². The van der Waals surface area contributed by atoms with E-state index in [0.717, 1.165) is 36.8 Å². The third kappa shape index (κ3) is 3.89. The first kappa shape index (κ1) is 20.0. The average Bonchev–Trinajstić information content (AvgIpc) is 3.19. The summed E-state index contributed by atoms with van der Waals surface area (Å²) in [6.45, 7) is 1.40. The Morgan fingerprint density at radius 2 is 1.96 bits per heavy atom. The highest BCUT2D eigenvalue weighted by Crippen LogP contribution is 2.42. The van der Waals surface area contributed by atoms with Gasteiger partial charge in [-0.15, -0.1) is 0 Å². The Hall–Kier alpha value is -1.31. The normalized spacial score (nSPS) is 25.1. The molecule has 2 aromatic carbocycles. The monoisotopic (exact) mass is 441 g/mol. The second-order valence-electron chi connectivity index (χ2n) is 7.45. The Morgan fingerprint density at radius 1 is 1.18 bits per heavy atom. The summed E-state index contributed by atoms with van der Waals surface area (Å²) in [6.07, 6.45) is 2.04. The number of rotatable bonds is 4. The molecule has 1 heterocycles. The number of nitrogens with zero attached hydrogens (tertiary/aromatic N) is 1. The predicted molar refractivity (Wildman–Crippen MR) is 109 cm³/mol. The largest absolute Gasteiger partial charge is 0.482 e. The number of halogens is 2. The van der Waals surface area contributed by atoms with Crippen LogP contribution in [0, 0.1) is 0 Å².